The summed E-state index contributed by atoms with van der Waals surface area (Å²) < 4.78 is 15.6. The van der Waals surface area contributed by atoms with Crippen molar-refractivity contribution in [3.63, 3.8) is 0 Å². The number of carbonyl (C=O) groups excluding carboxylic acids is 1. The first kappa shape index (κ1) is 13.5. The van der Waals surface area contributed by atoms with Gasteiger partial charge in [-0.1, -0.05) is 0 Å². The molecule has 0 bridgehead atoms. The molecule has 0 spiro atoms. The maximum absolute atomic E-state index is 10.9. The molecule has 1 aliphatic rings. The van der Waals surface area contributed by atoms with Crippen LogP contribution in [0.4, 0.5) is 0 Å². The van der Waals surface area contributed by atoms with Crippen molar-refractivity contribution in [2.75, 3.05) is 20.8 Å². The van der Waals surface area contributed by atoms with Crippen molar-refractivity contribution in [3.8, 4) is 0 Å². The Balaban J connectivity index is 2.06. The molecule has 16 heavy (non-hydrogen) atoms. The number of esters is 1. The second-order valence-electron chi connectivity index (χ2n) is 4.20. The van der Waals surface area contributed by atoms with E-state index in [1.807, 2.05) is 0 Å². The summed E-state index contributed by atoms with van der Waals surface area (Å²) in [6, 6.07) is 0. The Labute approximate surface area is 97.2 Å². The molecule has 0 saturated heterocycles. The van der Waals surface area contributed by atoms with Gasteiger partial charge in [-0.25, -0.2) is 0 Å². The van der Waals surface area contributed by atoms with Crippen molar-refractivity contribution < 1.29 is 19.0 Å². The van der Waals surface area contributed by atoms with E-state index in [1.165, 1.54) is 13.5 Å². The summed E-state index contributed by atoms with van der Waals surface area (Å²) in [5.41, 5.74) is 0. The summed E-state index contributed by atoms with van der Waals surface area (Å²) >= 11 is 0. The van der Waals surface area contributed by atoms with E-state index in [4.69, 9.17) is 9.47 Å². The highest BCUT2D eigenvalue weighted by molar-refractivity contribution is 5.68. The molecule has 1 rings (SSSR count). The molecular formula is C12H22O4. The van der Waals surface area contributed by atoms with Gasteiger partial charge < -0.3 is 14.2 Å². The minimum Gasteiger partial charge on any atom is -0.469 e. The SMILES string of the molecule is COC(=O)CCCOC1CCCC(OC)C1. The number of methoxy groups -OCH3 is 2. The van der Waals surface area contributed by atoms with Gasteiger partial charge in [-0.15, -0.1) is 0 Å². The van der Waals surface area contributed by atoms with Crippen LogP contribution in [0, 0.1) is 0 Å². The van der Waals surface area contributed by atoms with Crippen molar-refractivity contribution in [2.24, 2.45) is 0 Å². The summed E-state index contributed by atoms with van der Waals surface area (Å²) in [7, 11) is 3.16. The Morgan fingerprint density at radius 2 is 2.00 bits per heavy atom. The average molecular weight is 230 g/mol. The average Bonchev–Trinajstić information content (AvgIpc) is 2.34. The summed E-state index contributed by atoms with van der Waals surface area (Å²) in [6.45, 7) is 0.635. The van der Waals surface area contributed by atoms with Gasteiger partial charge >= 0.3 is 5.97 Å². The fourth-order valence-electron chi connectivity index (χ4n) is 2.04. The van der Waals surface area contributed by atoms with Gasteiger partial charge in [-0.2, -0.15) is 0 Å². The first-order valence-electron chi connectivity index (χ1n) is 5.97. The molecule has 4 nitrogen and oxygen atoms in total. The van der Waals surface area contributed by atoms with E-state index < -0.39 is 0 Å². The van der Waals surface area contributed by atoms with Gasteiger partial charge in [0.15, 0.2) is 0 Å². The van der Waals surface area contributed by atoms with Crippen LogP contribution in [0.5, 0.6) is 0 Å². The lowest BCUT2D eigenvalue weighted by Gasteiger charge is -2.28. The molecule has 94 valence electrons. The second kappa shape index (κ2) is 7.63. The summed E-state index contributed by atoms with van der Waals surface area (Å²) in [4.78, 5) is 10.9. The third kappa shape index (κ3) is 4.94. The zero-order valence-electron chi connectivity index (χ0n) is 10.2. The highest BCUT2D eigenvalue weighted by Gasteiger charge is 2.21. The lowest BCUT2D eigenvalue weighted by Crippen LogP contribution is -2.27. The number of ether oxygens (including phenoxy) is 3. The molecule has 0 N–H and O–H groups in total. The van der Waals surface area contributed by atoms with Crippen molar-refractivity contribution in [3.05, 3.63) is 0 Å². The predicted octanol–water partition coefficient (Wildman–Crippen LogP) is 1.91. The van der Waals surface area contributed by atoms with Crippen LogP contribution in [0.3, 0.4) is 0 Å². The summed E-state index contributed by atoms with van der Waals surface area (Å²) in [5, 5.41) is 0. The van der Waals surface area contributed by atoms with Crippen LogP contribution in [0.25, 0.3) is 0 Å². The zero-order chi connectivity index (χ0) is 11.8. The largest absolute Gasteiger partial charge is 0.469 e. The molecule has 0 amide bonds. The van der Waals surface area contributed by atoms with Gasteiger partial charge in [0.1, 0.15) is 0 Å². The third-order valence-corrected chi connectivity index (χ3v) is 3.02. The molecule has 2 atom stereocenters. The van der Waals surface area contributed by atoms with E-state index in [0.29, 0.717) is 25.2 Å². The molecule has 4 heteroatoms. The lowest BCUT2D eigenvalue weighted by atomic mass is 9.95. The molecule has 1 fully saturated rings. The molecule has 0 heterocycles. The van der Waals surface area contributed by atoms with Gasteiger partial charge in [-0.3, -0.25) is 4.79 Å². The Bertz CT molecular complexity index is 205. The molecule has 1 aliphatic carbocycles. The minimum atomic E-state index is -0.165. The van der Waals surface area contributed by atoms with E-state index in [1.54, 1.807) is 7.11 Å². The highest BCUT2D eigenvalue weighted by atomic mass is 16.5. The first-order chi connectivity index (χ1) is 7.76. The lowest BCUT2D eigenvalue weighted by molar-refractivity contribution is -0.141. The fraction of sp³-hybridized carbons (Fsp3) is 0.917. The van der Waals surface area contributed by atoms with Crippen LogP contribution in [0.1, 0.15) is 38.5 Å². The molecule has 0 aliphatic heterocycles. The van der Waals surface area contributed by atoms with E-state index in [-0.39, 0.29) is 5.97 Å². The van der Waals surface area contributed by atoms with Crippen LogP contribution < -0.4 is 0 Å². The van der Waals surface area contributed by atoms with E-state index in [2.05, 4.69) is 4.74 Å². The number of hydrogen-bond donors (Lipinski definition) is 0. The topological polar surface area (TPSA) is 44.8 Å². The number of rotatable bonds is 6. The monoisotopic (exact) mass is 230 g/mol. The Morgan fingerprint density at radius 1 is 1.25 bits per heavy atom. The quantitative estimate of drug-likeness (QED) is 0.516. The predicted molar refractivity (Wildman–Crippen MR) is 60.3 cm³/mol. The molecule has 0 aromatic rings. The third-order valence-electron chi connectivity index (χ3n) is 3.02. The number of carbonyl (C=O) groups is 1. The minimum absolute atomic E-state index is 0.165. The van der Waals surface area contributed by atoms with Crippen molar-refractivity contribution in [1.29, 1.82) is 0 Å². The number of hydrogen-bond acceptors (Lipinski definition) is 4. The van der Waals surface area contributed by atoms with Crippen LogP contribution >= 0.6 is 0 Å². The standard InChI is InChI=1S/C12H22O4/c1-14-10-5-3-6-11(9-10)16-8-4-7-12(13)15-2/h10-11H,3-9H2,1-2H3. The smallest absolute Gasteiger partial charge is 0.305 e. The van der Waals surface area contributed by atoms with Crippen LogP contribution in [0.2, 0.25) is 0 Å². The molecule has 1 saturated carbocycles. The van der Waals surface area contributed by atoms with Gasteiger partial charge in [0.2, 0.25) is 0 Å². The van der Waals surface area contributed by atoms with Crippen molar-refractivity contribution in [2.45, 2.75) is 50.7 Å². The maximum Gasteiger partial charge on any atom is 0.305 e. The van der Waals surface area contributed by atoms with Crippen LogP contribution in [-0.2, 0) is 19.0 Å². The van der Waals surface area contributed by atoms with Gasteiger partial charge in [0.25, 0.3) is 0 Å². The molecule has 2 unspecified atom stereocenters. The van der Waals surface area contributed by atoms with Gasteiger partial charge in [0.05, 0.1) is 19.3 Å². The maximum atomic E-state index is 10.9. The van der Waals surface area contributed by atoms with E-state index in [9.17, 15) is 4.79 Å². The highest BCUT2D eigenvalue weighted by Crippen LogP contribution is 2.23. The Hall–Kier alpha value is -0.610. The van der Waals surface area contributed by atoms with E-state index >= 15 is 0 Å². The molecule has 0 aromatic heterocycles. The Kier molecular flexibility index (Phi) is 6.42. The molecule has 0 radical (unpaired) electrons. The van der Waals surface area contributed by atoms with E-state index in [0.717, 1.165) is 25.7 Å². The summed E-state index contributed by atoms with van der Waals surface area (Å²) in [5.74, 6) is -0.165. The van der Waals surface area contributed by atoms with Crippen molar-refractivity contribution in [1.82, 2.24) is 0 Å². The molecule has 0 aromatic carbocycles. The summed E-state index contributed by atoms with van der Waals surface area (Å²) in [6.07, 6.45) is 6.22. The van der Waals surface area contributed by atoms with Crippen LogP contribution in [0.15, 0.2) is 0 Å². The molecular weight excluding hydrogens is 208 g/mol. The normalized spacial score (nSPS) is 25.4. The zero-order valence-corrected chi connectivity index (χ0v) is 10.2. The first-order valence-corrected chi connectivity index (χ1v) is 5.97. The van der Waals surface area contributed by atoms with Gasteiger partial charge in [-0.05, 0) is 32.1 Å². The van der Waals surface area contributed by atoms with Crippen molar-refractivity contribution >= 4 is 5.97 Å². The Morgan fingerprint density at radius 3 is 2.69 bits per heavy atom. The van der Waals surface area contributed by atoms with Gasteiger partial charge in [0, 0.05) is 20.1 Å². The second-order valence-corrected chi connectivity index (χ2v) is 4.20. The fourth-order valence-corrected chi connectivity index (χ4v) is 2.04. The van der Waals surface area contributed by atoms with Crippen LogP contribution in [-0.4, -0.2) is 39.0 Å².